The molecule has 1 aromatic heterocycles. The molecule has 0 spiro atoms. The summed E-state index contributed by atoms with van der Waals surface area (Å²) in [5.74, 6) is 1.23. The van der Waals surface area contributed by atoms with E-state index in [1.165, 1.54) is 12.8 Å². The summed E-state index contributed by atoms with van der Waals surface area (Å²) in [6.07, 6.45) is 2.36. The van der Waals surface area contributed by atoms with E-state index >= 15 is 0 Å². The van der Waals surface area contributed by atoms with Crippen LogP contribution in [-0.4, -0.2) is 17.2 Å². The highest BCUT2D eigenvalue weighted by Crippen LogP contribution is 2.20. The molecule has 1 saturated carbocycles. The van der Waals surface area contributed by atoms with Crippen molar-refractivity contribution < 1.29 is 4.52 Å². The van der Waals surface area contributed by atoms with E-state index < -0.39 is 0 Å². The smallest absolute Gasteiger partial charge is 0.189 e. The lowest BCUT2D eigenvalue weighted by atomic mass is 10.2. The van der Waals surface area contributed by atoms with Gasteiger partial charge in [0.15, 0.2) is 11.7 Å². The van der Waals surface area contributed by atoms with Crippen LogP contribution in [0.2, 0.25) is 0 Å². The first-order valence-corrected chi connectivity index (χ1v) is 6.39. The van der Waals surface area contributed by atoms with Gasteiger partial charge in [-0.1, -0.05) is 35.5 Å². The van der Waals surface area contributed by atoms with Crippen molar-refractivity contribution in [2.24, 2.45) is 10.7 Å². The average molecular weight is 256 g/mol. The zero-order valence-electron chi connectivity index (χ0n) is 10.5. The Labute approximate surface area is 111 Å². The Hall–Kier alpha value is -2.30. The lowest BCUT2D eigenvalue weighted by molar-refractivity contribution is 0.424. The van der Waals surface area contributed by atoms with Gasteiger partial charge in [-0.2, -0.15) is 0 Å². The van der Waals surface area contributed by atoms with Crippen LogP contribution in [0.15, 0.2) is 45.9 Å². The summed E-state index contributed by atoms with van der Waals surface area (Å²) >= 11 is 0. The van der Waals surface area contributed by atoms with Gasteiger partial charge >= 0.3 is 0 Å². The van der Waals surface area contributed by atoms with Crippen LogP contribution >= 0.6 is 0 Å². The highest BCUT2D eigenvalue weighted by Gasteiger charge is 2.21. The molecule has 0 bridgehead atoms. The van der Waals surface area contributed by atoms with Crippen LogP contribution in [0.1, 0.15) is 18.5 Å². The van der Waals surface area contributed by atoms with Gasteiger partial charge in [-0.25, -0.2) is 4.99 Å². The Kier molecular flexibility index (Phi) is 3.18. The third-order valence-corrected chi connectivity index (χ3v) is 2.96. The molecule has 1 heterocycles. The maximum absolute atomic E-state index is 5.76. The van der Waals surface area contributed by atoms with E-state index in [9.17, 15) is 0 Å². The van der Waals surface area contributed by atoms with Gasteiger partial charge in [-0.15, -0.1) is 0 Å². The van der Waals surface area contributed by atoms with Gasteiger partial charge in [0.2, 0.25) is 0 Å². The lowest BCUT2D eigenvalue weighted by Crippen LogP contribution is -2.33. The molecule has 19 heavy (non-hydrogen) atoms. The summed E-state index contributed by atoms with van der Waals surface area (Å²) in [7, 11) is 0. The molecule has 0 radical (unpaired) electrons. The fourth-order valence-electron chi connectivity index (χ4n) is 1.77. The van der Waals surface area contributed by atoms with Gasteiger partial charge < -0.3 is 15.6 Å². The van der Waals surface area contributed by atoms with Crippen molar-refractivity contribution in [3.63, 3.8) is 0 Å². The standard InChI is InChI=1S/C14H16N4O/c15-14(17-11-6-7-11)16-9-12-8-13(19-18-12)10-4-2-1-3-5-10/h1-5,8,11H,6-7,9H2,(H3,15,16,17). The van der Waals surface area contributed by atoms with Gasteiger partial charge in [0, 0.05) is 17.7 Å². The molecule has 5 heteroatoms. The van der Waals surface area contributed by atoms with Crippen molar-refractivity contribution in [2.75, 3.05) is 0 Å². The molecule has 0 saturated heterocycles. The zero-order chi connectivity index (χ0) is 13.1. The third kappa shape index (κ3) is 3.13. The summed E-state index contributed by atoms with van der Waals surface area (Å²) < 4.78 is 5.30. The van der Waals surface area contributed by atoms with Crippen LogP contribution in [0.25, 0.3) is 11.3 Å². The van der Waals surface area contributed by atoms with E-state index in [2.05, 4.69) is 15.5 Å². The molecule has 1 aliphatic rings. The molecule has 1 aliphatic carbocycles. The third-order valence-electron chi connectivity index (χ3n) is 2.96. The normalized spacial score (nSPS) is 15.5. The lowest BCUT2D eigenvalue weighted by Gasteiger charge is -2.01. The number of guanidine groups is 1. The summed E-state index contributed by atoms with van der Waals surface area (Å²) in [6, 6.07) is 12.3. The summed E-state index contributed by atoms with van der Waals surface area (Å²) in [6.45, 7) is 0.432. The van der Waals surface area contributed by atoms with Crippen molar-refractivity contribution in [3.05, 3.63) is 42.1 Å². The predicted molar refractivity (Wildman–Crippen MR) is 73.4 cm³/mol. The predicted octanol–water partition coefficient (Wildman–Crippen LogP) is 1.91. The molecule has 0 unspecified atom stereocenters. The number of aromatic nitrogens is 1. The molecule has 98 valence electrons. The van der Waals surface area contributed by atoms with E-state index in [0.29, 0.717) is 18.5 Å². The van der Waals surface area contributed by atoms with Crippen LogP contribution in [0, 0.1) is 0 Å². The van der Waals surface area contributed by atoms with Crippen LogP contribution < -0.4 is 11.1 Å². The number of nitrogens with zero attached hydrogens (tertiary/aromatic N) is 2. The molecule has 5 nitrogen and oxygen atoms in total. The van der Waals surface area contributed by atoms with E-state index in [0.717, 1.165) is 17.0 Å². The first kappa shape index (κ1) is 11.8. The van der Waals surface area contributed by atoms with Gasteiger partial charge in [0.25, 0.3) is 0 Å². The number of rotatable bonds is 4. The SMILES string of the molecule is NC(=NCc1cc(-c2ccccc2)on1)NC1CC1. The highest BCUT2D eigenvalue weighted by molar-refractivity contribution is 5.78. The van der Waals surface area contributed by atoms with E-state index in [-0.39, 0.29) is 0 Å². The molecule has 0 atom stereocenters. The van der Waals surface area contributed by atoms with Crippen molar-refractivity contribution in [2.45, 2.75) is 25.4 Å². The maximum Gasteiger partial charge on any atom is 0.189 e. The Balaban J connectivity index is 1.64. The Bertz CT molecular complexity index is 572. The zero-order valence-corrected chi connectivity index (χ0v) is 10.5. The molecule has 1 fully saturated rings. The van der Waals surface area contributed by atoms with Gasteiger partial charge in [0.1, 0.15) is 5.69 Å². The molecular weight excluding hydrogens is 240 g/mol. The molecule has 0 amide bonds. The van der Waals surface area contributed by atoms with E-state index in [1.807, 2.05) is 36.4 Å². The Morgan fingerprint density at radius 3 is 2.89 bits per heavy atom. The van der Waals surface area contributed by atoms with Crippen LogP contribution in [0.5, 0.6) is 0 Å². The number of benzene rings is 1. The average Bonchev–Trinajstić information content (AvgIpc) is 3.12. The van der Waals surface area contributed by atoms with Crippen molar-refractivity contribution >= 4 is 5.96 Å². The summed E-state index contributed by atoms with van der Waals surface area (Å²) in [5, 5.41) is 7.13. The topological polar surface area (TPSA) is 76.4 Å². The fraction of sp³-hybridized carbons (Fsp3) is 0.286. The number of nitrogens with one attached hydrogen (secondary N) is 1. The number of aliphatic imine (C=N–C) groups is 1. The molecule has 3 rings (SSSR count). The van der Waals surface area contributed by atoms with E-state index in [4.69, 9.17) is 10.3 Å². The second kappa shape index (κ2) is 5.14. The van der Waals surface area contributed by atoms with Gasteiger partial charge in [0.05, 0.1) is 6.54 Å². The monoisotopic (exact) mass is 256 g/mol. The minimum atomic E-state index is 0.432. The largest absolute Gasteiger partial charge is 0.370 e. The maximum atomic E-state index is 5.76. The van der Waals surface area contributed by atoms with Crippen LogP contribution in [0.3, 0.4) is 0 Å². The molecule has 2 aromatic rings. The number of nitrogens with two attached hydrogens (primary N) is 1. The summed E-state index contributed by atoms with van der Waals surface area (Å²) in [4.78, 5) is 4.24. The Morgan fingerprint density at radius 1 is 1.37 bits per heavy atom. The second-order valence-corrected chi connectivity index (χ2v) is 4.67. The van der Waals surface area contributed by atoms with Gasteiger partial charge in [-0.3, -0.25) is 0 Å². The Morgan fingerprint density at radius 2 is 2.16 bits per heavy atom. The van der Waals surface area contributed by atoms with Gasteiger partial charge in [-0.05, 0) is 12.8 Å². The first-order chi connectivity index (χ1) is 9.31. The number of hydrogen-bond acceptors (Lipinski definition) is 3. The van der Waals surface area contributed by atoms with Crippen molar-refractivity contribution in [1.82, 2.24) is 10.5 Å². The molecule has 3 N–H and O–H groups in total. The number of hydrogen-bond donors (Lipinski definition) is 2. The quantitative estimate of drug-likeness (QED) is 0.647. The first-order valence-electron chi connectivity index (χ1n) is 6.39. The van der Waals surface area contributed by atoms with Crippen LogP contribution in [-0.2, 0) is 6.54 Å². The van der Waals surface area contributed by atoms with E-state index in [1.54, 1.807) is 0 Å². The highest BCUT2D eigenvalue weighted by atomic mass is 16.5. The summed E-state index contributed by atoms with van der Waals surface area (Å²) in [5.41, 5.74) is 7.55. The fourth-order valence-corrected chi connectivity index (χ4v) is 1.77. The van der Waals surface area contributed by atoms with Crippen molar-refractivity contribution in [1.29, 1.82) is 0 Å². The minimum Gasteiger partial charge on any atom is -0.370 e. The second-order valence-electron chi connectivity index (χ2n) is 4.67. The molecular formula is C14H16N4O. The molecule has 1 aromatic carbocycles. The minimum absolute atomic E-state index is 0.432. The van der Waals surface area contributed by atoms with Crippen molar-refractivity contribution in [3.8, 4) is 11.3 Å². The molecule has 0 aliphatic heterocycles. The van der Waals surface area contributed by atoms with Crippen LogP contribution in [0.4, 0.5) is 0 Å².